The lowest BCUT2D eigenvalue weighted by Gasteiger charge is -2.12. The molecule has 0 radical (unpaired) electrons. The van der Waals surface area contributed by atoms with Crippen LogP contribution in [0.4, 0.5) is 0 Å². The number of nitrogens with one attached hydrogen (secondary N) is 1. The third-order valence-electron chi connectivity index (χ3n) is 4.01. The summed E-state index contributed by atoms with van der Waals surface area (Å²) in [5.74, 6) is 0.728. The molecule has 2 heterocycles. The number of hydrogen-bond acceptors (Lipinski definition) is 5. The first-order valence-electron chi connectivity index (χ1n) is 8.34. The number of pyridine rings is 1. The summed E-state index contributed by atoms with van der Waals surface area (Å²) in [6.07, 6.45) is 3.44. The second-order valence-electron chi connectivity index (χ2n) is 6.06. The molecule has 0 aliphatic carbocycles. The Hall–Kier alpha value is -2.67. The molecule has 1 atom stereocenters. The van der Waals surface area contributed by atoms with E-state index in [2.05, 4.69) is 20.5 Å². The second kappa shape index (κ2) is 8.14. The van der Waals surface area contributed by atoms with Crippen molar-refractivity contribution in [2.75, 3.05) is 0 Å². The minimum atomic E-state index is -0.270. The molecule has 0 unspecified atom stereocenters. The van der Waals surface area contributed by atoms with E-state index in [0.717, 1.165) is 17.0 Å². The SMILES string of the molecule is Cc1ccc(CNC(=O)[C@H](C)Sc2nnc(-c3ccncc3)n2C)cc1. The third-order valence-corrected chi connectivity index (χ3v) is 5.15. The topological polar surface area (TPSA) is 72.7 Å². The van der Waals surface area contributed by atoms with Gasteiger partial charge in [-0.3, -0.25) is 9.78 Å². The van der Waals surface area contributed by atoms with Gasteiger partial charge in [-0.2, -0.15) is 0 Å². The summed E-state index contributed by atoms with van der Waals surface area (Å²) in [7, 11) is 1.90. The molecule has 0 fully saturated rings. The number of nitrogens with zero attached hydrogens (tertiary/aromatic N) is 4. The molecule has 3 aromatic rings. The van der Waals surface area contributed by atoms with E-state index in [4.69, 9.17) is 0 Å². The maximum absolute atomic E-state index is 12.4. The standard InChI is InChI=1S/C19H21N5OS/c1-13-4-6-15(7-5-13)12-21-18(25)14(2)26-19-23-22-17(24(19)3)16-8-10-20-11-9-16/h4-11,14H,12H2,1-3H3,(H,21,25)/t14-/m0/s1. The predicted molar refractivity (Wildman–Crippen MR) is 103 cm³/mol. The first-order chi connectivity index (χ1) is 12.5. The average molecular weight is 367 g/mol. The largest absolute Gasteiger partial charge is 0.351 e. The molecular weight excluding hydrogens is 346 g/mol. The molecule has 0 spiro atoms. The Morgan fingerprint density at radius 2 is 1.85 bits per heavy atom. The van der Waals surface area contributed by atoms with Gasteiger partial charge in [-0.25, -0.2) is 0 Å². The zero-order chi connectivity index (χ0) is 18.5. The van der Waals surface area contributed by atoms with Gasteiger partial charge in [-0.15, -0.1) is 10.2 Å². The van der Waals surface area contributed by atoms with Gasteiger partial charge in [0.1, 0.15) is 0 Å². The Morgan fingerprint density at radius 3 is 2.54 bits per heavy atom. The van der Waals surface area contributed by atoms with Crippen molar-refractivity contribution in [1.82, 2.24) is 25.1 Å². The molecule has 6 nitrogen and oxygen atoms in total. The van der Waals surface area contributed by atoms with Crippen LogP contribution in [-0.4, -0.2) is 30.9 Å². The quantitative estimate of drug-likeness (QED) is 0.678. The van der Waals surface area contributed by atoms with Gasteiger partial charge < -0.3 is 9.88 Å². The van der Waals surface area contributed by atoms with Gasteiger partial charge in [-0.1, -0.05) is 41.6 Å². The smallest absolute Gasteiger partial charge is 0.233 e. The highest BCUT2D eigenvalue weighted by Crippen LogP contribution is 2.25. The summed E-state index contributed by atoms with van der Waals surface area (Å²) < 4.78 is 1.89. The Kier molecular flexibility index (Phi) is 5.68. The molecular formula is C19H21N5OS. The normalized spacial score (nSPS) is 12.0. The number of carbonyl (C=O) groups is 1. The Balaban J connectivity index is 1.61. The van der Waals surface area contributed by atoms with Crippen LogP contribution in [-0.2, 0) is 18.4 Å². The summed E-state index contributed by atoms with van der Waals surface area (Å²) in [4.78, 5) is 16.4. The first-order valence-corrected chi connectivity index (χ1v) is 9.22. The molecule has 0 saturated carbocycles. The molecule has 0 saturated heterocycles. The summed E-state index contributed by atoms with van der Waals surface area (Å²) in [5.41, 5.74) is 3.23. The van der Waals surface area contributed by atoms with E-state index in [-0.39, 0.29) is 11.2 Å². The predicted octanol–water partition coefficient (Wildman–Crippen LogP) is 2.98. The lowest BCUT2D eigenvalue weighted by Crippen LogP contribution is -2.30. The summed E-state index contributed by atoms with van der Waals surface area (Å²) in [6.45, 7) is 4.43. The van der Waals surface area contributed by atoms with Crippen LogP contribution >= 0.6 is 11.8 Å². The number of thioether (sulfide) groups is 1. The molecule has 1 aromatic carbocycles. The number of amides is 1. The van der Waals surface area contributed by atoms with Crippen LogP contribution < -0.4 is 5.32 Å². The maximum Gasteiger partial charge on any atom is 0.233 e. The molecule has 7 heteroatoms. The third kappa shape index (κ3) is 4.29. The zero-order valence-corrected chi connectivity index (χ0v) is 15.8. The zero-order valence-electron chi connectivity index (χ0n) is 15.0. The van der Waals surface area contributed by atoms with Crippen molar-refractivity contribution in [2.24, 2.45) is 7.05 Å². The molecule has 1 amide bonds. The summed E-state index contributed by atoms with van der Waals surface area (Å²) in [6, 6.07) is 11.9. The van der Waals surface area contributed by atoms with Crippen LogP contribution in [0.2, 0.25) is 0 Å². The average Bonchev–Trinajstić information content (AvgIpc) is 3.02. The van der Waals surface area contributed by atoms with Crippen molar-refractivity contribution < 1.29 is 4.79 Å². The van der Waals surface area contributed by atoms with Crippen molar-refractivity contribution in [2.45, 2.75) is 30.8 Å². The molecule has 3 rings (SSSR count). The second-order valence-corrected chi connectivity index (χ2v) is 7.37. The van der Waals surface area contributed by atoms with E-state index in [9.17, 15) is 4.79 Å². The van der Waals surface area contributed by atoms with Crippen LogP contribution in [0.25, 0.3) is 11.4 Å². The molecule has 1 N–H and O–H groups in total. The van der Waals surface area contributed by atoms with Crippen molar-refractivity contribution >= 4 is 17.7 Å². The Labute approximate surface area is 157 Å². The Bertz CT molecular complexity index is 877. The number of aromatic nitrogens is 4. The fourth-order valence-electron chi connectivity index (χ4n) is 2.42. The number of carbonyl (C=O) groups excluding carboxylic acids is 1. The molecule has 26 heavy (non-hydrogen) atoms. The number of benzene rings is 1. The fourth-order valence-corrected chi connectivity index (χ4v) is 3.26. The van der Waals surface area contributed by atoms with E-state index in [1.807, 2.05) is 61.9 Å². The van der Waals surface area contributed by atoms with E-state index in [0.29, 0.717) is 11.7 Å². The molecule has 134 valence electrons. The lowest BCUT2D eigenvalue weighted by molar-refractivity contribution is -0.120. The molecule has 0 aliphatic heterocycles. The Morgan fingerprint density at radius 1 is 1.15 bits per heavy atom. The first kappa shape index (κ1) is 18.1. The van der Waals surface area contributed by atoms with Crippen molar-refractivity contribution in [1.29, 1.82) is 0 Å². The maximum atomic E-state index is 12.4. The van der Waals surface area contributed by atoms with E-state index >= 15 is 0 Å². The molecule has 0 bridgehead atoms. The fraction of sp³-hybridized carbons (Fsp3) is 0.263. The van der Waals surface area contributed by atoms with Crippen LogP contribution in [0.1, 0.15) is 18.1 Å². The van der Waals surface area contributed by atoms with Gasteiger partial charge in [0.2, 0.25) is 5.91 Å². The minimum absolute atomic E-state index is 0.0240. The molecule has 0 aliphatic rings. The van der Waals surface area contributed by atoms with Crippen molar-refractivity contribution in [3.8, 4) is 11.4 Å². The van der Waals surface area contributed by atoms with Crippen molar-refractivity contribution in [3.63, 3.8) is 0 Å². The van der Waals surface area contributed by atoms with Gasteiger partial charge in [0.15, 0.2) is 11.0 Å². The minimum Gasteiger partial charge on any atom is -0.351 e. The van der Waals surface area contributed by atoms with Crippen LogP contribution in [0, 0.1) is 6.92 Å². The summed E-state index contributed by atoms with van der Waals surface area (Å²) >= 11 is 1.39. The highest BCUT2D eigenvalue weighted by atomic mass is 32.2. The van der Waals surface area contributed by atoms with Gasteiger partial charge in [0, 0.05) is 31.5 Å². The van der Waals surface area contributed by atoms with Crippen LogP contribution in [0.3, 0.4) is 0 Å². The van der Waals surface area contributed by atoms with Gasteiger partial charge in [0.05, 0.1) is 5.25 Å². The van der Waals surface area contributed by atoms with E-state index in [1.165, 1.54) is 17.3 Å². The number of aryl methyl sites for hydroxylation is 1. The van der Waals surface area contributed by atoms with E-state index < -0.39 is 0 Å². The van der Waals surface area contributed by atoms with Crippen LogP contribution in [0.15, 0.2) is 53.9 Å². The van der Waals surface area contributed by atoms with E-state index in [1.54, 1.807) is 12.4 Å². The van der Waals surface area contributed by atoms with Crippen LogP contribution in [0.5, 0.6) is 0 Å². The monoisotopic (exact) mass is 367 g/mol. The van der Waals surface area contributed by atoms with Gasteiger partial charge in [0.25, 0.3) is 0 Å². The highest BCUT2D eigenvalue weighted by Gasteiger charge is 2.19. The highest BCUT2D eigenvalue weighted by molar-refractivity contribution is 8.00. The van der Waals surface area contributed by atoms with Gasteiger partial charge >= 0.3 is 0 Å². The summed E-state index contributed by atoms with van der Waals surface area (Å²) in [5, 5.41) is 11.9. The number of rotatable bonds is 6. The number of hydrogen-bond donors (Lipinski definition) is 1. The lowest BCUT2D eigenvalue weighted by atomic mass is 10.1. The molecule has 2 aromatic heterocycles. The van der Waals surface area contributed by atoms with Gasteiger partial charge in [-0.05, 0) is 31.5 Å². The van der Waals surface area contributed by atoms with Crippen molar-refractivity contribution in [3.05, 3.63) is 59.9 Å².